The normalized spacial score (nSPS) is 8.18. The molecule has 0 amide bonds. The average Bonchev–Trinajstić information content (AvgIpc) is 2.11. The summed E-state index contributed by atoms with van der Waals surface area (Å²) in [6, 6.07) is 10.2. The van der Waals surface area contributed by atoms with E-state index in [0.29, 0.717) is 0 Å². The summed E-state index contributed by atoms with van der Waals surface area (Å²) in [5.41, 5.74) is 1.19. The number of benzene rings is 1. The maximum atomic E-state index is 3.21. The van der Waals surface area contributed by atoms with Crippen molar-refractivity contribution < 1.29 is 0 Å². The van der Waals surface area contributed by atoms with Gasteiger partial charge in [-0.05, 0) is 29.3 Å². The summed E-state index contributed by atoms with van der Waals surface area (Å²) in [7, 11) is 1.31. The van der Waals surface area contributed by atoms with Gasteiger partial charge in [-0.25, -0.2) is 0 Å². The predicted octanol–water partition coefficient (Wildman–Crippen LogP) is 1.52. The Kier molecular flexibility index (Phi) is 6.84. The number of anilines is 1. The van der Waals surface area contributed by atoms with E-state index in [9.17, 15) is 0 Å². The molecule has 0 spiro atoms. The van der Waals surface area contributed by atoms with Crippen LogP contribution >= 0.6 is 0 Å². The highest BCUT2D eigenvalue weighted by molar-refractivity contribution is 6.05. The highest BCUT2D eigenvalue weighted by Gasteiger charge is 1.81. The van der Waals surface area contributed by atoms with Crippen LogP contribution in [0.1, 0.15) is 6.92 Å². The molecule has 1 aromatic carbocycles. The van der Waals surface area contributed by atoms with Crippen LogP contribution in [0.2, 0.25) is 6.55 Å². The van der Waals surface area contributed by atoms with Crippen molar-refractivity contribution in [3.05, 3.63) is 30.3 Å². The minimum absolute atomic E-state index is 0.990. The number of hydrogen-bond acceptors (Lipinski definition) is 1. The first-order valence-electron chi connectivity index (χ1n) is 4.22. The maximum absolute atomic E-state index is 3.21. The molecule has 62 valence electrons. The SMILES string of the molecule is CCNc1ccccc1.C[SiH3]. The lowest BCUT2D eigenvalue weighted by Crippen LogP contribution is -1.94. The molecule has 0 radical (unpaired) electrons. The van der Waals surface area contributed by atoms with Crippen molar-refractivity contribution in [2.24, 2.45) is 0 Å². The van der Waals surface area contributed by atoms with E-state index in [4.69, 9.17) is 0 Å². The van der Waals surface area contributed by atoms with E-state index < -0.39 is 0 Å². The third kappa shape index (κ3) is 4.62. The topological polar surface area (TPSA) is 12.0 Å². The monoisotopic (exact) mass is 167 g/mol. The van der Waals surface area contributed by atoms with Gasteiger partial charge in [0.25, 0.3) is 0 Å². The van der Waals surface area contributed by atoms with E-state index >= 15 is 0 Å². The van der Waals surface area contributed by atoms with Gasteiger partial charge >= 0.3 is 0 Å². The van der Waals surface area contributed by atoms with Crippen molar-refractivity contribution in [3.63, 3.8) is 0 Å². The Morgan fingerprint density at radius 1 is 1.18 bits per heavy atom. The Morgan fingerprint density at radius 3 is 2.18 bits per heavy atom. The van der Waals surface area contributed by atoms with Crippen LogP contribution < -0.4 is 5.32 Å². The van der Waals surface area contributed by atoms with E-state index in [0.717, 1.165) is 6.54 Å². The molecule has 0 aliphatic heterocycles. The summed E-state index contributed by atoms with van der Waals surface area (Å²) < 4.78 is 0. The molecule has 1 N–H and O–H groups in total. The summed E-state index contributed by atoms with van der Waals surface area (Å²) in [4.78, 5) is 0. The quantitative estimate of drug-likeness (QED) is 0.659. The van der Waals surface area contributed by atoms with Crippen molar-refractivity contribution in [2.45, 2.75) is 13.5 Å². The molecule has 0 aliphatic rings. The number of hydrogen-bond donors (Lipinski definition) is 1. The summed E-state index contributed by atoms with van der Waals surface area (Å²) in [5, 5.41) is 3.21. The first-order valence-corrected chi connectivity index (χ1v) is 6.22. The maximum Gasteiger partial charge on any atom is 0.0340 e. The fraction of sp³-hybridized carbons (Fsp3) is 0.333. The Morgan fingerprint density at radius 2 is 1.73 bits per heavy atom. The van der Waals surface area contributed by atoms with Crippen molar-refractivity contribution >= 4 is 15.9 Å². The number of rotatable bonds is 2. The molecule has 2 heteroatoms. The van der Waals surface area contributed by atoms with Gasteiger partial charge in [0.15, 0.2) is 0 Å². The fourth-order valence-electron chi connectivity index (χ4n) is 0.760. The zero-order valence-corrected chi connectivity index (χ0v) is 9.59. The lowest BCUT2D eigenvalue weighted by atomic mass is 10.3. The molecule has 1 nitrogen and oxygen atoms in total. The van der Waals surface area contributed by atoms with Crippen molar-refractivity contribution in [1.29, 1.82) is 0 Å². The number of para-hydroxylation sites is 1. The van der Waals surface area contributed by atoms with Gasteiger partial charge in [0.05, 0.1) is 0 Å². The Bertz CT molecular complexity index is 162. The molecule has 0 bridgehead atoms. The molecular formula is C9H17NSi. The van der Waals surface area contributed by atoms with E-state index in [-0.39, 0.29) is 0 Å². The molecule has 0 heterocycles. The lowest BCUT2D eigenvalue weighted by Gasteiger charge is -1.99. The molecule has 0 saturated heterocycles. The van der Waals surface area contributed by atoms with Gasteiger partial charge < -0.3 is 5.32 Å². The van der Waals surface area contributed by atoms with Crippen LogP contribution in [-0.2, 0) is 0 Å². The van der Waals surface area contributed by atoms with Gasteiger partial charge in [-0.2, -0.15) is 0 Å². The minimum Gasteiger partial charge on any atom is -0.385 e. The highest BCUT2D eigenvalue weighted by atomic mass is 28.1. The second-order valence-corrected chi connectivity index (χ2v) is 1.90. The van der Waals surface area contributed by atoms with Crippen molar-refractivity contribution in [3.8, 4) is 0 Å². The van der Waals surface area contributed by atoms with Crippen LogP contribution in [0.3, 0.4) is 0 Å². The second-order valence-electron chi connectivity index (χ2n) is 1.90. The number of nitrogens with one attached hydrogen (secondary N) is 1. The molecule has 1 aromatic rings. The molecule has 0 atom stereocenters. The molecule has 0 aliphatic carbocycles. The van der Waals surface area contributed by atoms with Crippen LogP contribution in [-0.4, -0.2) is 16.8 Å². The first kappa shape index (κ1) is 10.2. The Labute approximate surface area is 72.3 Å². The van der Waals surface area contributed by atoms with Crippen LogP contribution in [0.25, 0.3) is 0 Å². The molecule has 11 heavy (non-hydrogen) atoms. The molecular weight excluding hydrogens is 150 g/mol. The van der Waals surface area contributed by atoms with E-state index in [1.54, 1.807) is 0 Å². The Hall–Kier alpha value is -0.763. The molecule has 0 unspecified atom stereocenters. The van der Waals surface area contributed by atoms with Crippen LogP contribution in [0.5, 0.6) is 0 Å². The van der Waals surface area contributed by atoms with Gasteiger partial charge in [-0.1, -0.05) is 24.7 Å². The van der Waals surface area contributed by atoms with Gasteiger partial charge in [0.1, 0.15) is 0 Å². The van der Waals surface area contributed by atoms with E-state index in [1.165, 1.54) is 15.9 Å². The largest absolute Gasteiger partial charge is 0.385 e. The molecule has 0 aromatic heterocycles. The molecule has 1 rings (SSSR count). The van der Waals surface area contributed by atoms with Gasteiger partial charge in [0, 0.05) is 12.2 Å². The van der Waals surface area contributed by atoms with Crippen LogP contribution in [0, 0.1) is 0 Å². The molecule has 0 fully saturated rings. The average molecular weight is 167 g/mol. The van der Waals surface area contributed by atoms with Gasteiger partial charge in [-0.3, -0.25) is 0 Å². The van der Waals surface area contributed by atoms with Crippen molar-refractivity contribution in [2.75, 3.05) is 11.9 Å². The van der Waals surface area contributed by atoms with Crippen molar-refractivity contribution in [1.82, 2.24) is 0 Å². The summed E-state index contributed by atoms with van der Waals surface area (Å²) in [6.07, 6.45) is 0. The zero-order chi connectivity index (χ0) is 8.53. The fourth-order valence-corrected chi connectivity index (χ4v) is 0.760. The van der Waals surface area contributed by atoms with Crippen LogP contribution in [0.15, 0.2) is 30.3 Å². The first-order chi connectivity index (χ1) is 5.43. The Balaban J connectivity index is 0.000000461. The smallest absolute Gasteiger partial charge is 0.0340 e. The second kappa shape index (κ2) is 7.35. The lowest BCUT2D eigenvalue weighted by molar-refractivity contribution is 1.21. The predicted molar refractivity (Wildman–Crippen MR) is 56.4 cm³/mol. The summed E-state index contributed by atoms with van der Waals surface area (Å²) >= 11 is 0. The van der Waals surface area contributed by atoms with Gasteiger partial charge in [-0.15, -0.1) is 0 Å². The standard InChI is InChI=1S/C8H11N.CH6Si/c1-2-9-8-6-4-3-5-7-8;1-2/h3-7,9H,2H2,1H3;1-2H3. The minimum atomic E-state index is 0.990. The van der Waals surface area contributed by atoms with Crippen LogP contribution in [0.4, 0.5) is 5.69 Å². The molecule has 0 saturated carbocycles. The third-order valence-electron chi connectivity index (χ3n) is 1.15. The summed E-state index contributed by atoms with van der Waals surface area (Å²) in [5.74, 6) is 0. The zero-order valence-electron chi connectivity index (χ0n) is 7.59. The van der Waals surface area contributed by atoms with E-state index in [2.05, 4.69) is 30.9 Å². The van der Waals surface area contributed by atoms with E-state index in [1.807, 2.05) is 18.2 Å². The highest BCUT2D eigenvalue weighted by Crippen LogP contribution is 2.02. The summed E-state index contributed by atoms with van der Waals surface area (Å²) in [6.45, 7) is 5.22. The third-order valence-corrected chi connectivity index (χ3v) is 1.15. The van der Waals surface area contributed by atoms with Gasteiger partial charge in [0.2, 0.25) is 0 Å².